The molecule has 27 heavy (non-hydrogen) atoms. The van der Waals surface area contributed by atoms with Crippen molar-refractivity contribution in [1.82, 2.24) is 4.90 Å². The lowest BCUT2D eigenvalue weighted by atomic mass is 10.0. The largest absolute Gasteiger partial charge is 0.480 e. The SMILES string of the molecule is O=C(O)[C@H](Cc1ccc(Br)cc1)N(Cc1ccccc1)Cc1ccccc1. The summed E-state index contributed by atoms with van der Waals surface area (Å²) in [5.74, 6) is -0.801. The maximum Gasteiger partial charge on any atom is 0.321 e. The van der Waals surface area contributed by atoms with E-state index in [4.69, 9.17) is 0 Å². The van der Waals surface area contributed by atoms with E-state index in [0.717, 1.165) is 21.2 Å². The van der Waals surface area contributed by atoms with E-state index in [1.807, 2.05) is 89.8 Å². The highest BCUT2D eigenvalue weighted by molar-refractivity contribution is 9.10. The number of carbonyl (C=O) groups is 1. The van der Waals surface area contributed by atoms with Crippen LogP contribution < -0.4 is 0 Å². The van der Waals surface area contributed by atoms with Crippen molar-refractivity contribution < 1.29 is 9.90 Å². The number of carboxylic acids is 1. The summed E-state index contributed by atoms with van der Waals surface area (Å²) >= 11 is 3.43. The van der Waals surface area contributed by atoms with Crippen LogP contribution in [0, 0.1) is 0 Å². The number of benzene rings is 3. The van der Waals surface area contributed by atoms with Crippen LogP contribution in [0.2, 0.25) is 0 Å². The molecular formula is C23H22BrNO2. The Hall–Kier alpha value is -2.43. The van der Waals surface area contributed by atoms with E-state index in [1.54, 1.807) is 0 Å². The molecule has 1 N–H and O–H groups in total. The molecule has 0 amide bonds. The summed E-state index contributed by atoms with van der Waals surface area (Å²) in [5.41, 5.74) is 3.22. The highest BCUT2D eigenvalue weighted by Gasteiger charge is 2.26. The second-order valence-corrected chi connectivity index (χ2v) is 7.48. The van der Waals surface area contributed by atoms with Gasteiger partial charge in [-0.15, -0.1) is 0 Å². The predicted octanol–water partition coefficient (Wildman–Crippen LogP) is 5.15. The second-order valence-electron chi connectivity index (χ2n) is 6.56. The minimum atomic E-state index is -0.801. The van der Waals surface area contributed by atoms with Gasteiger partial charge in [-0.1, -0.05) is 88.7 Å². The van der Waals surface area contributed by atoms with Gasteiger partial charge in [-0.05, 0) is 35.2 Å². The quantitative estimate of drug-likeness (QED) is 0.544. The Balaban J connectivity index is 1.86. The minimum Gasteiger partial charge on any atom is -0.480 e. The molecule has 4 heteroatoms. The highest BCUT2D eigenvalue weighted by atomic mass is 79.9. The van der Waals surface area contributed by atoms with E-state index in [2.05, 4.69) is 15.9 Å². The molecule has 0 unspecified atom stereocenters. The summed E-state index contributed by atoms with van der Waals surface area (Å²) in [4.78, 5) is 14.2. The average molecular weight is 424 g/mol. The summed E-state index contributed by atoms with van der Waals surface area (Å²) in [7, 11) is 0. The summed E-state index contributed by atoms with van der Waals surface area (Å²) in [6.07, 6.45) is 0.461. The molecule has 0 heterocycles. The Morgan fingerprint density at radius 2 is 1.26 bits per heavy atom. The van der Waals surface area contributed by atoms with E-state index in [9.17, 15) is 9.90 Å². The zero-order chi connectivity index (χ0) is 19.1. The molecule has 0 bridgehead atoms. The standard InChI is InChI=1S/C23H22BrNO2/c24-21-13-11-18(12-14-21)15-22(23(26)27)25(16-19-7-3-1-4-8-19)17-20-9-5-2-6-10-20/h1-14,22H,15-17H2,(H,26,27)/t22-/m0/s1. The third-order valence-corrected chi connectivity index (χ3v) is 5.05. The molecule has 0 aromatic heterocycles. The number of halogens is 1. The normalized spacial score (nSPS) is 12.1. The van der Waals surface area contributed by atoms with Crippen molar-refractivity contribution in [3.8, 4) is 0 Å². The predicted molar refractivity (Wildman–Crippen MR) is 111 cm³/mol. The lowest BCUT2D eigenvalue weighted by molar-refractivity contribution is -0.143. The first kappa shape index (κ1) is 19.3. The van der Waals surface area contributed by atoms with E-state index in [0.29, 0.717) is 19.5 Å². The van der Waals surface area contributed by atoms with Crippen LogP contribution in [0.3, 0.4) is 0 Å². The van der Waals surface area contributed by atoms with Crippen LogP contribution in [0.5, 0.6) is 0 Å². The molecule has 0 aliphatic rings. The maximum atomic E-state index is 12.1. The lowest BCUT2D eigenvalue weighted by Crippen LogP contribution is -2.42. The summed E-state index contributed by atoms with van der Waals surface area (Å²) < 4.78 is 0.989. The molecular weight excluding hydrogens is 402 g/mol. The Labute approximate surface area is 168 Å². The van der Waals surface area contributed by atoms with E-state index < -0.39 is 12.0 Å². The van der Waals surface area contributed by atoms with Crippen molar-refractivity contribution in [2.24, 2.45) is 0 Å². The van der Waals surface area contributed by atoms with Crippen LogP contribution in [-0.2, 0) is 24.3 Å². The monoisotopic (exact) mass is 423 g/mol. The van der Waals surface area contributed by atoms with Crippen molar-refractivity contribution in [2.45, 2.75) is 25.6 Å². The van der Waals surface area contributed by atoms with E-state index in [1.165, 1.54) is 0 Å². The van der Waals surface area contributed by atoms with Crippen molar-refractivity contribution in [3.05, 3.63) is 106 Å². The molecule has 3 aromatic carbocycles. The molecule has 0 fully saturated rings. The number of hydrogen-bond donors (Lipinski definition) is 1. The number of rotatable bonds is 8. The van der Waals surface area contributed by atoms with Crippen LogP contribution >= 0.6 is 15.9 Å². The first-order valence-corrected chi connectivity index (χ1v) is 9.70. The highest BCUT2D eigenvalue weighted by Crippen LogP contribution is 2.19. The average Bonchev–Trinajstić information content (AvgIpc) is 2.68. The van der Waals surface area contributed by atoms with Gasteiger partial charge in [0.05, 0.1) is 0 Å². The fraction of sp³-hybridized carbons (Fsp3) is 0.174. The third-order valence-electron chi connectivity index (χ3n) is 4.53. The first-order chi connectivity index (χ1) is 13.1. The van der Waals surface area contributed by atoms with Crippen LogP contribution in [0.4, 0.5) is 0 Å². The lowest BCUT2D eigenvalue weighted by Gasteiger charge is -2.29. The molecule has 138 valence electrons. The van der Waals surface area contributed by atoms with Crippen LogP contribution in [0.15, 0.2) is 89.4 Å². The molecule has 0 aliphatic heterocycles. The molecule has 3 nitrogen and oxygen atoms in total. The number of hydrogen-bond acceptors (Lipinski definition) is 2. The maximum absolute atomic E-state index is 12.1. The molecule has 0 spiro atoms. The van der Waals surface area contributed by atoms with Gasteiger partial charge in [-0.2, -0.15) is 0 Å². The van der Waals surface area contributed by atoms with Gasteiger partial charge in [0, 0.05) is 17.6 Å². The molecule has 0 saturated carbocycles. The summed E-state index contributed by atoms with van der Waals surface area (Å²) in [5, 5.41) is 9.96. The van der Waals surface area contributed by atoms with Gasteiger partial charge in [0.2, 0.25) is 0 Å². The Morgan fingerprint density at radius 1 is 0.778 bits per heavy atom. The second kappa shape index (κ2) is 9.49. The fourth-order valence-electron chi connectivity index (χ4n) is 3.13. The number of carboxylic acid groups (broad SMARTS) is 1. The van der Waals surface area contributed by atoms with Gasteiger partial charge in [-0.25, -0.2) is 0 Å². The summed E-state index contributed by atoms with van der Waals surface area (Å²) in [6, 6.07) is 27.3. The fourth-order valence-corrected chi connectivity index (χ4v) is 3.39. The minimum absolute atomic E-state index is 0.461. The van der Waals surface area contributed by atoms with Crippen LogP contribution in [0.1, 0.15) is 16.7 Å². The molecule has 1 atom stereocenters. The summed E-state index contributed by atoms with van der Waals surface area (Å²) in [6.45, 7) is 1.17. The zero-order valence-electron chi connectivity index (χ0n) is 15.0. The molecule has 3 rings (SSSR count). The topological polar surface area (TPSA) is 40.5 Å². The van der Waals surface area contributed by atoms with Crippen molar-refractivity contribution >= 4 is 21.9 Å². The number of aliphatic carboxylic acids is 1. The van der Waals surface area contributed by atoms with Crippen LogP contribution in [-0.4, -0.2) is 22.0 Å². The van der Waals surface area contributed by atoms with Crippen LogP contribution in [0.25, 0.3) is 0 Å². The molecule has 0 saturated heterocycles. The van der Waals surface area contributed by atoms with Crippen molar-refractivity contribution in [2.75, 3.05) is 0 Å². The van der Waals surface area contributed by atoms with Gasteiger partial charge >= 0.3 is 5.97 Å². The van der Waals surface area contributed by atoms with Crippen molar-refractivity contribution in [3.63, 3.8) is 0 Å². The third kappa shape index (κ3) is 5.78. The van der Waals surface area contributed by atoms with Crippen molar-refractivity contribution in [1.29, 1.82) is 0 Å². The molecule has 0 radical (unpaired) electrons. The van der Waals surface area contributed by atoms with Gasteiger partial charge in [0.1, 0.15) is 6.04 Å². The smallest absolute Gasteiger partial charge is 0.321 e. The first-order valence-electron chi connectivity index (χ1n) is 8.91. The van der Waals surface area contributed by atoms with Gasteiger partial charge in [-0.3, -0.25) is 9.69 Å². The number of nitrogens with zero attached hydrogens (tertiary/aromatic N) is 1. The van der Waals surface area contributed by atoms with E-state index in [-0.39, 0.29) is 0 Å². The van der Waals surface area contributed by atoms with Gasteiger partial charge in [0.15, 0.2) is 0 Å². The van der Waals surface area contributed by atoms with Gasteiger partial charge in [0.25, 0.3) is 0 Å². The van der Waals surface area contributed by atoms with E-state index >= 15 is 0 Å². The van der Waals surface area contributed by atoms with Gasteiger partial charge < -0.3 is 5.11 Å². The Bertz CT molecular complexity index is 809. The molecule has 3 aromatic rings. The molecule has 0 aliphatic carbocycles. The Kier molecular flexibility index (Phi) is 6.80. The Morgan fingerprint density at radius 3 is 1.70 bits per heavy atom. The zero-order valence-corrected chi connectivity index (χ0v) is 16.5.